The Morgan fingerprint density at radius 1 is 1.04 bits per heavy atom. The number of fused-ring (bicyclic) bond motifs is 1. The number of pyridine rings is 1. The minimum absolute atomic E-state index is 0.0408. The molecular weight excluding hydrogens is 638 g/mol. The molecule has 2 atom stereocenters. The highest BCUT2D eigenvalue weighted by molar-refractivity contribution is 6.00. The fourth-order valence-electron chi connectivity index (χ4n) is 6.52. The largest absolute Gasteiger partial charge is 0.473 e. The van der Waals surface area contributed by atoms with Crippen LogP contribution in [0.1, 0.15) is 61.4 Å². The van der Waals surface area contributed by atoms with E-state index in [0.717, 1.165) is 32.2 Å². The van der Waals surface area contributed by atoms with Crippen LogP contribution in [0.15, 0.2) is 79.0 Å². The van der Waals surface area contributed by atoms with E-state index in [9.17, 15) is 18.0 Å². The number of allylic oxidation sites excluding steroid dienone is 1. The molecule has 1 N–H and O–H groups in total. The Morgan fingerprint density at radius 2 is 1.86 bits per heavy atom. The number of hydrogen-bond acceptors (Lipinski definition) is 6. The molecule has 0 spiro atoms. The van der Waals surface area contributed by atoms with Gasteiger partial charge >= 0.3 is 6.18 Å². The van der Waals surface area contributed by atoms with Crippen LogP contribution in [0, 0.1) is 5.95 Å². The highest BCUT2D eigenvalue weighted by atomic mass is 19.4. The Morgan fingerprint density at radius 3 is 2.57 bits per heavy atom. The van der Waals surface area contributed by atoms with Gasteiger partial charge in [0.05, 0.1) is 17.3 Å². The van der Waals surface area contributed by atoms with Gasteiger partial charge in [-0.3, -0.25) is 9.69 Å². The number of rotatable bonds is 10. The number of amides is 1. The first-order valence-corrected chi connectivity index (χ1v) is 16.6. The molecular formula is C37H39F4N5O3. The number of carbonyl (C=O) groups is 1. The second kappa shape index (κ2) is 15.3. The summed E-state index contributed by atoms with van der Waals surface area (Å²) < 4.78 is 71.6. The van der Waals surface area contributed by atoms with E-state index < -0.39 is 24.8 Å². The molecule has 4 aromatic rings. The average Bonchev–Trinajstić information content (AvgIpc) is 3.44. The fraction of sp³-hybridized carbons (Fsp3) is 0.378. The van der Waals surface area contributed by atoms with Gasteiger partial charge in [-0.1, -0.05) is 42.5 Å². The van der Waals surface area contributed by atoms with Gasteiger partial charge in [0.1, 0.15) is 6.10 Å². The molecule has 6 rings (SSSR count). The third-order valence-electron chi connectivity index (χ3n) is 8.83. The van der Waals surface area contributed by atoms with Crippen molar-refractivity contribution in [3.63, 3.8) is 0 Å². The first-order valence-electron chi connectivity index (χ1n) is 16.6. The number of hydrogen-bond donors (Lipinski definition) is 1. The van der Waals surface area contributed by atoms with Crippen molar-refractivity contribution in [1.82, 2.24) is 25.0 Å². The summed E-state index contributed by atoms with van der Waals surface area (Å²) in [7, 11) is 1.58. The minimum Gasteiger partial charge on any atom is -0.473 e. The van der Waals surface area contributed by atoms with E-state index in [0.29, 0.717) is 54.2 Å². The fourth-order valence-corrected chi connectivity index (χ4v) is 6.52. The van der Waals surface area contributed by atoms with Gasteiger partial charge in [-0.15, -0.1) is 5.10 Å². The van der Waals surface area contributed by atoms with E-state index >= 15 is 4.39 Å². The van der Waals surface area contributed by atoms with Crippen molar-refractivity contribution in [3.8, 4) is 5.88 Å². The van der Waals surface area contributed by atoms with E-state index in [2.05, 4.69) is 20.3 Å². The quantitative estimate of drug-likeness (QED) is 0.108. The van der Waals surface area contributed by atoms with Crippen LogP contribution in [-0.2, 0) is 9.53 Å². The summed E-state index contributed by atoms with van der Waals surface area (Å²) in [4.78, 5) is 18.2. The van der Waals surface area contributed by atoms with Gasteiger partial charge in [-0.05, 0) is 79.1 Å². The van der Waals surface area contributed by atoms with Crippen molar-refractivity contribution in [2.75, 3.05) is 33.3 Å². The highest BCUT2D eigenvalue weighted by Gasteiger charge is 2.32. The number of likely N-dealkylation sites (tertiary alicyclic amines) is 1. The molecule has 258 valence electrons. The van der Waals surface area contributed by atoms with Crippen molar-refractivity contribution < 1.29 is 31.8 Å². The zero-order chi connectivity index (χ0) is 34.4. The lowest BCUT2D eigenvalue weighted by atomic mass is 9.88. The number of halogens is 4. The summed E-state index contributed by atoms with van der Waals surface area (Å²) in [6.45, 7) is 2.67. The minimum atomic E-state index is -4.52. The predicted molar refractivity (Wildman–Crippen MR) is 179 cm³/mol. The SMILES string of the molecule is CNC(=O)/C=C/CN1CCC[C@@H](Oc2ccc(/C(=C(/CC(F)(F)F)c3ccccc3)c3ccc4c(c3)c(F)nn4C3CCCCO3)cn2)C1. The summed E-state index contributed by atoms with van der Waals surface area (Å²) >= 11 is 0. The van der Waals surface area contributed by atoms with Crippen LogP contribution in [0.25, 0.3) is 22.0 Å². The van der Waals surface area contributed by atoms with Gasteiger partial charge in [0.15, 0.2) is 6.23 Å². The van der Waals surface area contributed by atoms with Crippen molar-refractivity contribution in [3.05, 3.63) is 102 Å². The number of nitrogens with zero attached hydrogens (tertiary/aromatic N) is 4. The van der Waals surface area contributed by atoms with E-state index in [1.165, 1.54) is 17.0 Å². The van der Waals surface area contributed by atoms with Crippen LogP contribution in [0.2, 0.25) is 0 Å². The molecule has 1 unspecified atom stereocenters. The maximum Gasteiger partial charge on any atom is 0.393 e. The van der Waals surface area contributed by atoms with Crippen LogP contribution in [0.5, 0.6) is 5.88 Å². The molecule has 0 aliphatic carbocycles. The second-order valence-electron chi connectivity index (χ2n) is 12.3. The zero-order valence-electron chi connectivity index (χ0n) is 27.3. The molecule has 2 aliphatic heterocycles. The Hall–Kier alpha value is -4.55. The summed E-state index contributed by atoms with van der Waals surface area (Å²) in [5, 5.41) is 6.88. The van der Waals surface area contributed by atoms with Crippen LogP contribution in [-0.4, -0.2) is 71.1 Å². The first kappa shape index (κ1) is 34.3. The third kappa shape index (κ3) is 8.55. The number of likely N-dealkylation sites (N-methyl/N-ethyl adjacent to an activating group) is 1. The van der Waals surface area contributed by atoms with Gasteiger partial charge in [-0.25, -0.2) is 9.67 Å². The molecule has 12 heteroatoms. The van der Waals surface area contributed by atoms with E-state index in [-0.39, 0.29) is 28.5 Å². The van der Waals surface area contributed by atoms with Gasteiger partial charge in [0.2, 0.25) is 17.7 Å². The summed E-state index contributed by atoms with van der Waals surface area (Å²) in [6.07, 6.45) is 2.83. The molecule has 4 heterocycles. The zero-order valence-corrected chi connectivity index (χ0v) is 27.3. The molecule has 2 fully saturated rings. The molecule has 0 saturated carbocycles. The highest BCUT2D eigenvalue weighted by Crippen LogP contribution is 2.40. The van der Waals surface area contributed by atoms with Crippen molar-refractivity contribution >= 4 is 28.0 Å². The maximum atomic E-state index is 15.4. The van der Waals surface area contributed by atoms with Crippen LogP contribution in [0.4, 0.5) is 17.6 Å². The predicted octanol–water partition coefficient (Wildman–Crippen LogP) is 7.33. The van der Waals surface area contributed by atoms with E-state index in [4.69, 9.17) is 9.47 Å². The first-order chi connectivity index (χ1) is 23.7. The van der Waals surface area contributed by atoms with Gasteiger partial charge < -0.3 is 14.8 Å². The average molecular weight is 678 g/mol. The molecule has 0 bridgehead atoms. The number of ether oxygens (including phenoxy) is 2. The molecule has 0 radical (unpaired) electrons. The molecule has 49 heavy (non-hydrogen) atoms. The number of alkyl halides is 3. The summed E-state index contributed by atoms with van der Waals surface area (Å²) in [5.74, 6) is -0.527. The van der Waals surface area contributed by atoms with Crippen LogP contribution in [0.3, 0.4) is 0 Å². The van der Waals surface area contributed by atoms with Gasteiger partial charge in [0.25, 0.3) is 0 Å². The number of piperidine rings is 1. The van der Waals surface area contributed by atoms with Crippen molar-refractivity contribution in [2.45, 2.75) is 57.0 Å². The topological polar surface area (TPSA) is 81.5 Å². The Kier molecular flexibility index (Phi) is 10.7. The molecule has 2 saturated heterocycles. The van der Waals surface area contributed by atoms with Gasteiger partial charge in [0, 0.05) is 50.6 Å². The normalized spacial score (nSPS) is 19.6. The number of nitrogens with one attached hydrogen (secondary N) is 1. The third-order valence-corrected chi connectivity index (χ3v) is 8.83. The van der Waals surface area contributed by atoms with E-state index in [1.54, 1.807) is 67.7 Å². The maximum absolute atomic E-state index is 15.4. The van der Waals surface area contributed by atoms with Crippen molar-refractivity contribution in [1.29, 1.82) is 0 Å². The second-order valence-corrected chi connectivity index (χ2v) is 12.3. The number of benzene rings is 2. The van der Waals surface area contributed by atoms with Crippen molar-refractivity contribution in [2.24, 2.45) is 0 Å². The molecule has 1 amide bonds. The lowest BCUT2D eigenvalue weighted by Gasteiger charge is -2.31. The Balaban J connectivity index is 1.34. The van der Waals surface area contributed by atoms with Gasteiger partial charge in [-0.2, -0.15) is 17.6 Å². The summed E-state index contributed by atoms with van der Waals surface area (Å²) in [5.41, 5.74) is 2.08. The van der Waals surface area contributed by atoms with Crippen LogP contribution < -0.4 is 10.1 Å². The lowest BCUT2D eigenvalue weighted by molar-refractivity contribution is -0.123. The van der Waals surface area contributed by atoms with Crippen LogP contribution >= 0.6 is 0 Å². The van der Waals surface area contributed by atoms with E-state index in [1.807, 2.05) is 6.08 Å². The summed E-state index contributed by atoms with van der Waals surface area (Å²) in [6, 6.07) is 16.7. The molecule has 2 aliphatic rings. The standard InChI is InChI=1S/C37H39F4N5O3/c1-42-32(47)12-8-19-45-18-7-11-28(24-45)49-33-17-15-27(23-43-33)35(30(22-37(39,40)41)25-9-3-2-4-10-25)26-14-16-31-29(21-26)36(38)44-46(31)34-13-5-6-20-48-34/h2-4,8-10,12,14-17,21,23,28,34H,5-7,11,13,18-20,22,24H2,1H3,(H,42,47)/b12-8+,35-30-/t28-,34?/m1/s1. The smallest absolute Gasteiger partial charge is 0.393 e. The lowest BCUT2D eigenvalue weighted by Crippen LogP contribution is -2.41. The monoisotopic (exact) mass is 677 g/mol. The Labute approximate surface area is 282 Å². The molecule has 8 nitrogen and oxygen atoms in total. The Bertz CT molecular complexity index is 1800. The molecule has 2 aromatic heterocycles. The molecule has 2 aromatic carbocycles. The number of carbonyl (C=O) groups excluding carboxylic acids is 1. The number of aromatic nitrogens is 3.